The van der Waals surface area contributed by atoms with E-state index >= 15 is 0 Å². The molecule has 0 aliphatic carbocycles. The number of benzene rings is 2. The summed E-state index contributed by atoms with van der Waals surface area (Å²) in [4.78, 5) is 38.9. The van der Waals surface area contributed by atoms with Gasteiger partial charge in [0.2, 0.25) is 0 Å². The number of carbonyl (C=O) groups excluding carboxylic acids is 3. The summed E-state index contributed by atoms with van der Waals surface area (Å²) in [6, 6.07) is 14.6. The summed E-state index contributed by atoms with van der Waals surface area (Å²) in [5, 5.41) is 0. The van der Waals surface area contributed by atoms with Crippen LogP contribution in [0, 0.1) is 18.3 Å². The van der Waals surface area contributed by atoms with Crippen LogP contribution >= 0.6 is 15.9 Å². The highest BCUT2D eigenvalue weighted by Crippen LogP contribution is 2.47. The van der Waals surface area contributed by atoms with E-state index in [4.69, 9.17) is 14.2 Å². The Labute approximate surface area is 190 Å². The van der Waals surface area contributed by atoms with Crippen molar-refractivity contribution in [3.63, 3.8) is 0 Å². The molecule has 1 aliphatic rings. The van der Waals surface area contributed by atoms with Crippen LogP contribution in [0.4, 0.5) is 0 Å². The third-order valence-electron chi connectivity index (χ3n) is 5.85. The lowest BCUT2D eigenvalue weighted by Gasteiger charge is -2.42. The van der Waals surface area contributed by atoms with E-state index in [1.807, 2.05) is 31.2 Å². The van der Waals surface area contributed by atoms with Gasteiger partial charge < -0.3 is 14.2 Å². The van der Waals surface area contributed by atoms with Crippen LogP contribution in [0.25, 0.3) is 0 Å². The van der Waals surface area contributed by atoms with E-state index in [0.717, 1.165) is 15.6 Å². The molecule has 0 amide bonds. The zero-order valence-corrected chi connectivity index (χ0v) is 19.3. The summed E-state index contributed by atoms with van der Waals surface area (Å²) in [6.45, 7) is 2.02. The molecule has 0 unspecified atom stereocenters. The molecule has 1 fully saturated rings. The minimum atomic E-state index is -1.64. The summed E-state index contributed by atoms with van der Waals surface area (Å²) >= 11 is 3.35. The SMILES string of the molecule is COC(=O)C1(C(=O)OC)C[C@@H](c2ccc(C)cc2)OC[C@@H]1CC(=O)c1ccc(Br)cc1. The number of hydrogen-bond donors (Lipinski definition) is 0. The first-order chi connectivity index (χ1) is 14.8. The number of hydrogen-bond acceptors (Lipinski definition) is 6. The van der Waals surface area contributed by atoms with E-state index in [0.29, 0.717) is 5.56 Å². The molecular weight excluding hydrogens is 464 g/mol. The molecular formula is C24H25BrO6. The van der Waals surface area contributed by atoms with E-state index < -0.39 is 29.4 Å². The fourth-order valence-corrected chi connectivity index (χ4v) is 4.31. The first kappa shape index (κ1) is 23.2. The Bertz CT molecular complexity index is 935. The second-order valence-corrected chi connectivity index (χ2v) is 8.64. The third-order valence-corrected chi connectivity index (χ3v) is 6.38. The van der Waals surface area contributed by atoms with Gasteiger partial charge in [-0.25, -0.2) is 0 Å². The summed E-state index contributed by atoms with van der Waals surface area (Å²) < 4.78 is 17.0. The molecule has 0 bridgehead atoms. The molecule has 7 heteroatoms. The zero-order valence-electron chi connectivity index (χ0n) is 17.7. The number of Topliss-reactive ketones (excluding diaryl/α,β-unsaturated/α-hetero) is 1. The Morgan fingerprint density at radius 3 is 2.13 bits per heavy atom. The fourth-order valence-electron chi connectivity index (χ4n) is 4.05. The van der Waals surface area contributed by atoms with Crippen molar-refractivity contribution in [1.29, 1.82) is 0 Å². The van der Waals surface area contributed by atoms with Crippen LogP contribution in [0.15, 0.2) is 53.0 Å². The quantitative estimate of drug-likeness (QED) is 0.339. The lowest BCUT2D eigenvalue weighted by molar-refractivity contribution is -0.189. The lowest BCUT2D eigenvalue weighted by atomic mass is 9.67. The minimum absolute atomic E-state index is 0.0354. The summed E-state index contributed by atoms with van der Waals surface area (Å²) in [6.07, 6.45) is -0.516. The number of aryl methyl sites for hydroxylation is 1. The van der Waals surface area contributed by atoms with Gasteiger partial charge >= 0.3 is 11.9 Å². The van der Waals surface area contributed by atoms with E-state index in [-0.39, 0.29) is 25.2 Å². The van der Waals surface area contributed by atoms with Crippen LogP contribution < -0.4 is 0 Å². The predicted molar refractivity (Wildman–Crippen MR) is 118 cm³/mol. The van der Waals surface area contributed by atoms with Gasteiger partial charge in [0.1, 0.15) is 0 Å². The molecule has 0 N–H and O–H groups in total. The van der Waals surface area contributed by atoms with E-state index in [1.54, 1.807) is 24.3 Å². The van der Waals surface area contributed by atoms with Gasteiger partial charge in [-0.15, -0.1) is 0 Å². The van der Waals surface area contributed by atoms with Gasteiger partial charge in [0.05, 0.1) is 26.9 Å². The van der Waals surface area contributed by atoms with Gasteiger partial charge in [0.25, 0.3) is 0 Å². The molecule has 31 heavy (non-hydrogen) atoms. The van der Waals surface area contributed by atoms with Gasteiger partial charge in [-0.2, -0.15) is 0 Å². The number of rotatable bonds is 6. The van der Waals surface area contributed by atoms with Crippen LogP contribution in [-0.2, 0) is 23.8 Å². The Morgan fingerprint density at radius 1 is 1.00 bits per heavy atom. The maximum absolute atomic E-state index is 13.0. The van der Waals surface area contributed by atoms with Gasteiger partial charge in [-0.05, 0) is 24.6 Å². The molecule has 1 heterocycles. The van der Waals surface area contributed by atoms with Crippen LogP contribution in [0.2, 0.25) is 0 Å². The van der Waals surface area contributed by atoms with Crippen molar-refractivity contribution in [3.8, 4) is 0 Å². The van der Waals surface area contributed by atoms with Crippen molar-refractivity contribution in [1.82, 2.24) is 0 Å². The summed E-state index contributed by atoms with van der Waals surface area (Å²) in [5.74, 6) is -2.33. The molecule has 0 aromatic heterocycles. The Balaban J connectivity index is 1.95. The normalized spacial score (nSPS) is 20.0. The minimum Gasteiger partial charge on any atom is -0.468 e. The number of ketones is 1. The number of methoxy groups -OCH3 is 2. The second kappa shape index (κ2) is 9.75. The van der Waals surface area contributed by atoms with Crippen molar-refractivity contribution in [2.24, 2.45) is 11.3 Å². The average Bonchev–Trinajstić information content (AvgIpc) is 2.79. The molecule has 1 saturated heterocycles. The number of ether oxygens (including phenoxy) is 3. The van der Waals surface area contributed by atoms with Crippen LogP contribution in [0.5, 0.6) is 0 Å². The highest BCUT2D eigenvalue weighted by Gasteiger charge is 2.58. The Morgan fingerprint density at radius 2 is 1.58 bits per heavy atom. The average molecular weight is 489 g/mol. The van der Waals surface area contributed by atoms with Crippen molar-refractivity contribution in [2.45, 2.75) is 25.9 Å². The smallest absolute Gasteiger partial charge is 0.323 e. The molecule has 0 saturated carbocycles. The third kappa shape index (κ3) is 4.72. The highest BCUT2D eigenvalue weighted by molar-refractivity contribution is 9.10. The molecule has 2 aromatic carbocycles. The Kier molecular flexibility index (Phi) is 7.28. The predicted octanol–water partition coefficient (Wildman–Crippen LogP) is 4.44. The zero-order chi connectivity index (χ0) is 22.6. The van der Waals surface area contributed by atoms with Gasteiger partial charge in [-0.1, -0.05) is 57.9 Å². The van der Waals surface area contributed by atoms with E-state index in [2.05, 4.69) is 15.9 Å². The van der Waals surface area contributed by atoms with Crippen LogP contribution in [-0.4, -0.2) is 38.5 Å². The summed E-state index contributed by atoms with van der Waals surface area (Å²) in [7, 11) is 2.47. The molecule has 0 spiro atoms. The largest absolute Gasteiger partial charge is 0.468 e. The molecule has 164 valence electrons. The van der Waals surface area contributed by atoms with Crippen molar-refractivity contribution < 1.29 is 28.6 Å². The van der Waals surface area contributed by atoms with E-state index in [1.165, 1.54) is 14.2 Å². The van der Waals surface area contributed by atoms with Gasteiger partial charge in [-0.3, -0.25) is 14.4 Å². The molecule has 2 atom stereocenters. The number of halogens is 1. The molecule has 6 nitrogen and oxygen atoms in total. The number of esters is 2. The van der Waals surface area contributed by atoms with Crippen LogP contribution in [0.1, 0.15) is 40.4 Å². The highest BCUT2D eigenvalue weighted by atomic mass is 79.9. The second-order valence-electron chi connectivity index (χ2n) is 7.72. The molecule has 3 rings (SSSR count). The Hall–Kier alpha value is -2.51. The topological polar surface area (TPSA) is 78.9 Å². The van der Waals surface area contributed by atoms with Crippen molar-refractivity contribution in [3.05, 3.63) is 69.7 Å². The van der Waals surface area contributed by atoms with Crippen molar-refractivity contribution >= 4 is 33.7 Å². The standard InChI is InChI=1S/C24H25BrO6/c1-15-4-6-17(7-5-15)21-13-24(22(27)29-2,23(28)30-3)18(14-31-21)12-20(26)16-8-10-19(25)11-9-16/h4-11,18,21H,12-14H2,1-3H3/t18-,21-/m0/s1. The van der Waals surface area contributed by atoms with E-state index in [9.17, 15) is 14.4 Å². The first-order valence-electron chi connectivity index (χ1n) is 9.95. The lowest BCUT2D eigenvalue weighted by Crippen LogP contribution is -2.53. The molecule has 0 radical (unpaired) electrons. The first-order valence-corrected chi connectivity index (χ1v) is 10.7. The number of carbonyl (C=O) groups is 3. The van der Waals surface area contributed by atoms with Crippen molar-refractivity contribution in [2.75, 3.05) is 20.8 Å². The van der Waals surface area contributed by atoms with Crippen LogP contribution in [0.3, 0.4) is 0 Å². The maximum Gasteiger partial charge on any atom is 0.323 e. The monoisotopic (exact) mass is 488 g/mol. The van der Waals surface area contributed by atoms with Gasteiger partial charge in [0.15, 0.2) is 11.2 Å². The summed E-state index contributed by atoms with van der Waals surface area (Å²) in [5.41, 5.74) is 0.792. The van der Waals surface area contributed by atoms with Gasteiger partial charge in [0, 0.05) is 28.8 Å². The maximum atomic E-state index is 13.0. The molecule has 1 aliphatic heterocycles. The fraction of sp³-hybridized carbons (Fsp3) is 0.375. The molecule has 2 aromatic rings.